The van der Waals surface area contributed by atoms with Crippen LogP contribution in [0, 0.1) is 11.3 Å². The Labute approximate surface area is 85.1 Å². The van der Waals surface area contributed by atoms with Crippen molar-refractivity contribution in [2.24, 2.45) is 11.3 Å². The summed E-state index contributed by atoms with van der Waals surface area (Å²) in [6.45, 7) is 2.19. The Bertz CT molecular complexity index is 235. The zero-order valence-electron chi connectivity index (χ0n) is 8.83. The molecule has 1 aliphatic heterocycles. The van der Waals surface area contributed by atoms with Crippen molar-refractivity contribution >= 4 is 5.97 Å². The third kappa shape index (κ3) is 1.65. The Hall–Kier alpha value is -0.570. The minimum atomic E-state index is -0.620. The summed E-state index contributed by atoms with van der Waals surface area (Å²) in [7, 11) is 2.15. The third-order valence-electron chi connectivity index (χ3n) is 4.08. The van der Waals surface area contributed by atoms with E-state index in [2.05, 4.69) is 11.9 Å². The molecule has 1 heterocycles. The zero-order chi connectivity index (χ0) is 10.2. The van der Waals surface area contributed by atoms with Crippen molar-refractivity contribution in [1.29, 1.82) is 0 Å². The number of carboxylic acid groups (broad SMARTS) is 1. The van der Waals surface area contributed by atoms with Crippen molar-refractivity contribution in [1.82, 2.24) is 4.90 Å². The quantitative estimate of drug-likeness (QED) is 0.730. The molecule has 80 valence electrons. The maximum Gasteiger partial charge on any atom is 0.303 e. The predicted octanol–water partition coefficient (Wildman–Crippen LogP) is 1.58. The smallest absolute Gasteiger partial charge is 0.303 e. The minimum Gasteiger partial charge on any atom is -0.481 e. The molecule has 0 aromatic rings. The largest absolute Gasteiger partial charge is 0.481 e. The van der Waals surface area contributed by atoms with Gasteiger partial charge in [0.25, 0.3) is 0 Å². The van der Waals surface area contributed by atoms with E-state index in [4.69, 9.17) is 5.11 Å². The molecule has 2 fully saturated rings. The first-order valence-electron chi connectivity index (χ1n) is 5.53. The van der Waals surface area contributed by atoms with E-state index >= 15 is 0 Å². The summed E-state index contributed by atoms with van der Waals surface area (Å²) in [5.41, 5.74) is 0.366. The molecule has 0 radical (unpaired) electrons. The molecule has 0 aromatic heterocycles. The SMILES string of the molecule is CN1CCC(CC(=O)O)C2(CCC2)C1. The topological polar surface area (TPSA) is 40.5 Å². The van der Waals surface area contributed by atoms with E-state index in [1.165, 1.54) is 19.3 Å². The number of piperidine rings is 1. The van der Waals surface area contributed by atoms with Crippen molar-refractivity contribution in [3.05, 3.63) is 0 Å². The molecule has 1 aliphatic carbocycles. The maximum absolute atomic E-state index is 10.8. The van der Waals surface area contributed by atoms with Crippen LogP contribution < -0.4 is 0 Å². The minimum absolute atomic E-state index is 0.366. The van der Waals surface area contributed by atoms with Gasteiger partial charge in [-0.1, -0.05) is 6.42 Å². The summed E-state index contributed by atoms with van der Waals surface area (Å²) in [5.74, 6) is -0.184. The number of aliphatic carboxylic acids is 1. The second-order valence-corrected chi connectivity index (χ2v) is 5.04. The molecular formula is C11H19NO2. The summed E-state index contributed by atoms with van der Waals surface area (Å²) in [6.07, 6.45) is 5.24. The summed E-state index contributed by atoms with van der Waals surface area (Å²) in [5, 5.41) is 8.87. The van der Waals surface area contributed by atoms with Gasteiger partial charge in [-0.25, -0.2) is 0 Å². The number of likely N-dealkylation sites (tertiary alicyclic amines) is 1. The molecule has 1 saturated carbocycles. The van der Waals surface area contributed by atoms with Gasteiger partial charge in [-0.3, -0.25) is 4.79 Å². The average molecular weight is 197 g/mol. The highest BCUT2D eigenvalue weighted by atomic mass is 16.4. The van der Waals surface area contributed by atoms with Crippen molar-refractivity contribution < 1.29 is 9.90 Å². The van der Waals surface area contributed by atoms with Gasteiger partial charge >= 0.3 is 5.97 Å². The fourth-order valence-electron chi connectivity index (χ4n) is 3.15. The molecule has 14 heavy (non-hydrogen) atoms. The van der Waals surface area contributed by atoms with Crippen LogP contribution in [0.2, 0.25) is 0 Å². The van der Waals surface area contributed by atoms with E-state index in [1.807, 2.05) is 0 Å². The normalized spacial score (nSPS) is 31.4. The number of hydrogen-bond acceptors (Lipinski definition) is 2. The lowest BCUT2D eigenvalue weighted by atomic mass is 9.57. The van der Waals surface area contributed by atoms with Gasteiger partial charge in [0.05, 0.1) is 0 Å². The number of carbonyl (C=O) groups is 1. The highest BCUT2D eigenvalue weighted by Crippen LogP contribution is 2.51. The van der Waals surface area contributed by atoms with Crippen LogP contribution in [0.15, 0.2) is 0 Å². The van der Waals surface area contributed by atoms with Gasteiger partial charge in [0.1, 0.15) is 0 Å². The van der Waals surface area contributed by atoms with Crippen LogP contribution in [0.25, 0.3) is 0 Å². The number of nitrogens with zero attached hydrogens (tertiary/aromatic N) is 1. The fraction of sp³-hybridized carbons (Fsp3) is 0.909. The molecule has 2 aliphatic rings. The van der Waals surface area contributed by atoms with Crippen molar-refractivity contribution in [3.8, 4) is 0 Å². The van der Waals surface area contributed by atoms with Crippen LogP contribution in [-0.2, 0) is 4.79 Å². The summed E-state index contributed by atoms with van der Waals surface area (Å²) < 4.78 is 0. The lowest BCUT2D eigenvalue weighted by Gasteiger charge is -2.53. The van der Waals surface area contributed by atoms with Gasteiger partial charge < -0.3 is 10.0 Å². The molecule has 0 aromatic carbocycles. The van der Waals surface area contributed by atoms with Gasteiger partial charge in [0.2, 0.25) is 0 Å². The number of hydrogen-bond donors (Lipinski definition) is 1. The zero-order valence-corrected chi connectivity index (χ0v) is 8.83. The molecular weight excluding hydrogens is 178 g/mol. The highest BCUT2D eigenvalue weighted by Gasteiger charge is 2.47. The van der Waals surface area contributed by atoms with Crippen LogP contribution >= 0.6 is 0 Å². The van der Waals surface area contributed by atoms with Crippen molar-refractivity contribution in [2.75, 3.05) is 20.1 Å². The Morgan fingerprint density at radius 1 is 1.57 bits per heavy atom. The van der Waals surface area contributed by atoms with Gasteiger partial charge in [0, 0.05) is 13.0 Å². The average Bonchev–Trinajstić information content (AvgIpc) is 2.04. The van der Waals surface area contributed by atoms with Crippen LogP contribution in [0.3, 0.4) is 0 Å². The van der Waals surface area contributed by atoms with Crippen molar-refractivity contribution in [3.63, 3.8) is 0 Å². The Kier molecular flexibility index (Phi) is 2.52. The molecule has 1 spiro atoms. The first-order valence-corrected chi connectivity index (χ1v) is 5.53. The van der Waals surface area contributed by atoms with E-state index in [1.54, 1.807) is 0 Å². The molecule has 2 rings (SSSR count). The van der Waals surface area contributed by atoms with Crippen LogP contribution in [0.5, 0.6) is 0 Å². The van der Waals surface area contributed by atoms with E-state index in [0.717, 1.165) is 19.5 Å². The molecule has 0 amide bonds. The molecule has 0 bridgehead atoms. The Balaban J connectivity index is 2.03. The maximum atomic E-state index is 10.8. The lowest BCUT2D eigenvalue weighted by Crippen LogP contribution is -2.51. The van der Waals surface area contributed by atoms with Gasteiger partial charge in [-0.15, -0.1) is 0 Å². The lowest BCUT2D eigenvalue weighted by molar-refractivity contribution is -0.142. The molecule has 1 saturated heterocycles. The summed E-state index contributed by atoms with van der Waals surface area (Å²) >= 11 is 0. The first-order chi connectivity index (χ1) is 6.62. The first kappa shape index (κ1) is 9.97. The predicted molar refractivity (Wildman–Crippen MR) is 54.1 cm³/mol. The van der Waals surface area contributed by atoms with E-state index in [9.17, 15) is 4.79 Å². The van der Waals surface area contributed by atoms with Crippen LogP contribution in [0.4, 0.5) is 0 Å². The molecule has 3 nitrogen and oxygen atoms in total. The standard InChI is InChI=1S/C11H19NO2/c1-12-6-3-9(7-10(13)14)11(8-12)4-2-5-11/h9H,2-8H2,1H3,(H,13,14). The highest BCUT2D eigenvalue weighted by molar-refractivity contribution is 5.67. The van der Waals surface area contributed by atoms with Gasteiger partial charge in [0.15, 0.2) is 0 Å². The van der Waals surface area contributed by atoms with Crippen molar-refractivity contribution in [2.45, 2.75) is 32.1 Å². The Morgan fingerprint density at radius 2 is 2.29 bits per heavy atom. The third-order valence-corrected chi connectivity index (χ3v) is 4.08. The number of carboxylic acids is 1. The van der Waals surface area contributed by atoms with E-state index in [-0.39, 0.29) is 0 Å². The molecule has 1 unspecified atom stereocenters. The Morgan fingerprint density at radius 3 is 2.79 bits per heavy atom. The monoisotopic (exact) mass is 197 g/mol. The van der Waals surface area contributed by atoms with E-state index < -0.39 is 5.97 Å². The molecule has 1 atom stereocenters. The summed E-state index contributed by atoms with van der Waals surface area (Å²) in [6, 6.07) is 0. The molecule has 1 N–H and O–H groups in total. The van der Waals surface area contributed by atoms with Crippen LogP contribution in [-0.4, -0.2) is 36.1 Å². The van der Waals surface area contributed by atoms with Gasteiger partial charge in [-0.05, 0) is 44.2 Å². The second-order valence-electron chi connectivity index (χ2n) is 5.04. The number of rotatable bonds is 2. The van der Waals surface area contributed by atoms with Crippen LogP contribution in [0.1, 0.15) is 32.1 Å². The fourth-order valence-corrected chi connectivity index (χ4v) is 3.15. The molecule has 3 heteroatoms. The summed E-state index contributed by atoms with van der Waals surface area (Å²) in [4.78, 5) is 13.1. The van der Waals surface area contributed by atoms with E-state index in [0.29, 0.717) is 17.8 Å². The second kappa shape index (κ2) is 3.54. The van der Waals surface area contributed by atoms with Gasteiger partial charge in [-0.2, -0.15) is 0 Å².